The van der Waals surface area contributed by atoms with Crippen molar-refractivity contribution in [3.63, 3.8) is 0 Å². The summed E-state index contributed by atoms with van der Waals surface area (Å²) >= 11 is 0. The molecule has 0 amide bonds. The quantitative estimate of drug-likeness (QED) is 0.776. The predicted octanol–water partition coefficient (Wildman–Crippen LogP) is 4.05. The summed E-state index contributed by atoms with van der Waals surface area (Å²) in [6.07, 6.45) is 10.2. The second kappa shape index (κ2) is 6.80. The van der Waals surface area contributed by atoms with E-state index < -0.39 is 0 Å². The average molecular weight is 232 g/mol. The summed E-state index contributed by atoms with van der Waals surface area (Å²) in [5, 5.41) is 8.97. The fraction of sp³-hybridized carbons (Fsp3) is 0.625. The molecule has 17 heavy (non-hydrogen) atoms. The maximum absolute atomic E-state index is 8.97. The lowest BCUT2D eigenvalue weighted by molar-refractivity contribution is 0.288. The summed E-state index contributed by atoms with van der Waals surface area (Å²) < 4.78 is 0. The fourth-order valence-electron chi connectivity index (χ4n) is 3.02. The van der Waals surface area contributed by atoms with Crippen molar-refractivity contribution in [3.05, 3.63) is 35.4 Å². The highest BCUT2D eigenvalue weighted by molar-refractivity contribution is 5.30. The minimum Gasteiger partial charge on any atom is -0.396 e. The van der Waals surface area contributed by atoms with Crippen LogP contribution in [0.5, 0.6) is 0 Å². The maximum atomic E-state index is 8.97. The molecule has 0 saturated heterocycles. The third-order valence-electron chi connectivity index (χ3n) is 3.95. The van der Waals surface area contributed by atoms with Crippen molar-refractivity contribution >= 4 is 0 Å². The van der Waals surface area contributed by atoms with Gasteiger partial charge in [0.1, 0.15) is 0 Å². The first-order chi connectivity index (χ1) is 8.42. The summed E-state index contributed by atoms with van der Waals surface area (Å²) in [6, 6.07) is 8.86. The predicted molar refractivity (Wildman–Crippen MR) is 72.3 cm³/mol. The Morgan fingerprint density at radius 3 is 2.41 bits per heavy atom. The molecule has 1 saturated carbocycles. The molecule has 1 N–H and O–H groups in total. The van der Waals surface area contributed by atoms with Crippen LogP contribution in [0.1, 0.15) is 62.0 Å². The SMILES string of the molecule is OCCCc1ccccc1C1CCCCCC1. The van der Waals surface area contributed by atoms with Gasteiger partial charge in [0.05, 0.1) is 0 Å². The highest BCUT2D eigenvalue weighted by Crippen LogP contribution is 2.33. The Morgan fingerprint density at radius 1 is 1.00 bits per heavy atom. The number of aliphatic hydroxyl groups excluding tert-OH is 1. The van der Waals surface area contributed by atoms with Crippen LogP contribution in [-0.2, 0) is 6.42 Å². The molecule has 0 aliphatic heterocycles. The topological polar surface area (TPSA) is 20.2 Å². The molecule has 1 aromatic rings. The zero-order valence-electron chi connectivity index (χ0n) is 10.7. The van der Waals surface area contributed by atoms with Crippen molar-refractivity contribution in [3.8, 4) is 0 Å². The molecule has 1 fully saturated rings. The van der Waals surface area contributed by atoms with Crippen LogP contribution >= 0.6 is 0 Å². The molecule has 0 atom stereocenters. The molecular weight excluding hydrogens is 208 g/mol. The normalized spacial score (nSPS) is 17.9. The van der Waals surface area contributed by atoms with Crippen LogP contribution in [0, 0.1) is 0 Å². The number of hydrogen-bond acceptors (Lipinski definition) is 1. The first-order valence-corrected chi connectivity index (χ1v) is 7.10. The summed E-state index contributed by atoms with van der Waals surface area (Å²) in [6.45, 7) is 0.305. The van der Waals surface area contributed by atoms with E-state index in [1.54, 1.807) is 5.56 Å². The van der Waals surface area contributed by atoms with Gasteiger partial charge in [-0.25, -0.2) is 0 Å². The molecule has 0 radical (unpaired) electrons. The highest BCUT2D eigenvalue weighted by atomic mass is 16.2. The van der Waals surface area contributed by atoms with Crippen molar-refractivity contribution < 1.29 is 5.11 Å². The first kappa shape index (κ1) is 12.6. The lowest BCUT2D eigenvalue weighted by atomic mass is 9.87. The van der Waals surface area contributed by atoms with Gasteiger partial charge in [-0.15, -0.1) is 0 Å². The van der Waals surface area contributed by atoms with Crippen LogP contribution in [0.15, 0.2) is 24.3 Å². The van der Waals surface area contributed by atoms with E-state index in [0.29, 0.717) is 6.61 Å². The third-order valence-corrected chi connectivity index (χ3v) is 3.95. The zero-order valence-corrected chi connectivity index (χ0v) is 10.7. The van der Waals surface area contributed by atoms with Crippen molar-refractivity contribution in [2.75, 3.05) is 6.61 Å². The van der Waals surface area contributed by atoms with E-state index in [4.69, 9.17) is 5.11 Å². The molecule has 1 nitrogen and oxygen atoms in total. The van der Waals surface area contributed by atoms with Gasteiger partial charge in [0.2, 0.25) is 0 Å². The molecule has 0 aromatic heterocycles. The van der Waals surface area contributed by atoms with Crippen LogP contribution in [0.2, 0.25) is 0 Å². The van der Waals surface area contributed by atoms with E-state index in [1.165, 1.54) is 44.1 Å². The molecule has 0 spiro atoms. The number of aryl methyl sites for hydroxylation is 1. The number of hydrogen-bond donors (Lipinski definition) is 1. The van der Waals surface area contributed by atoms with Crippen LogP contribution in [0.3, 0.4) is 0 Å². The van der Waals surface area contributed by atoms with Gasteiger partial charge in [-0.3, -0.25) is 0 Å². The van der Waals surface area contributed by atoms with Gasteiger partial charge in [-0.1, -0.05) is 49.9 Å². The van der Waals surface area contributed by atoms with E-state index in [0.717, 1.165) is 18.8 Å². The maximum Gasteiger partial charge on any atom is 0.0434 e. The van der Waals surface area contributed by atoms with E-state index in [1.807, 2.05) is 0 Å². The minimum absolute atomic E-state index is 0.305. The second-order valence-electron chi connectivity index (χ2n) is 5.21. The highest BCUT2D eigenvalue weighted by Gasteiger charge is 2.16. The summed E-state index contributed by atoms with van der Waals surface area (Å²) in [5.41, 5.74) is 3.02. The van der Waals surface area contributed by atoms with E-state index >= 15 is 0 Å². The lowest BCUT2D eigenvalue weighted by Crippen LogP contribution is -2.03. The molecule has 1 aromatic carbocycles. The lowest BCUT2D eigenvalue weighted by Gasteiger charge is -2.18. The second-order valence-corrected chi connectivity index (χ2v) is 5.21. The smallest absolute Gasteiger partial charge is 0.0434 e. The Morgan fingerprint density at radius 2 is 1.71 bits per heavy atom. The standard InChI is InChI=1S/C16H24O/c17-13-7-11-15-10-5-6-12-16(15)14-8-3-1-2-4-9-14/h5-6,10,12,14,17H,1-4,7-9,11,13H2. The molecule has 0 unspecified atom stereocenters. The molecule has 0 heterocycles. The third kappa shape index (κ3) is 3.57. The molecule has 1 aliphatic rings. The number of aliphatic hydroxyl groups is 1. The monoisotopic (exact) mass is 232 g/mol. The molecule has 0 bridgehead atoms. The molecular formula is C16H24O. The van der Waals surface area contributed by atoms with Gasteiger partial charge >= 0.3 is 0 Å². The average Bonchev–Trinajstić information content (AvgIpc) is 2.65. The van der Waals surface area contributed by atoms with E-state index in [9.17, 15) is 0 Å². The van der Waals surface area contributed by atoms with Crippen LogP contribution in [-0.4, -0.2) is 11.7 Å². The van der Waals surface area contributed by atoms with Gasteiger partial charge in [-0.2, -0.15) is 0 Å². The van der Waals surface area contributed by atoms with Gasteiger partial charge in [0, 0.05) is 6.61 Å². The Balaban J connectivity index is 2.11. The first-order valence-electron chi connectivity index (χ1n) is 7.10. The molecule has 1 heteroatoms. The van der Waals surface area contributed by atoms with Crippen molar-refractivity contribution in [1.82, 2.24) is 0 Å². The van der Waals surface area contributed by atoms with Gasteiger partial charge in [0.25, 0.3) is 0 Å². The minimum atomic E-state index is 0.305. The number of rotatable bonds is 4. The molecule has 1 aliphatic carbocycles. The largest absolute Gasteiger partial charge is 0.396 e. The van der Waals surface area contributed by atoms with Crippen LogP contribution in [0.4, 0.5) is 0 Å². The fourth-order valence-corrected chi connectivity index (χ4v) is 3.02. The number of benzene rings is 1. The van der Waals surface area contributed by atoms with Crippen molar-refractivity contribution in [2.45, 2.75) is 57.3 Å². The van der Waals surface area contributed by atoms with Gasteiger partial charge in [0.15, 0.2) is 0 Å². The molecule has 94 valence electrons. The summed E-state index contributed by atoms with van der Waals surface area (Å²) in [5.74, 6) is 0.771. The zero-order chi connectivity index (χ0) is 11.9. The van der Waals surface area contributed by atoms with Crippen molar-refractivity contribution in [1.29, 1.82) is 0 Å². The van der Waals surface area contributed by atoms with Crippen LogP contribution < -0.4 is 0 Å². The van der Waals surface area contributed by atoms with E-state index in [2.05, 4.69) is 24.3 Å². The molecule has 2 rings (SSSR count). The van der Waals surface area contributed by atoms with Crippen molar-refractivity contribution in [2.24, 2.45) is 0 Å². The summed E-state index contributed by atoms with van der Waals surface area (Å²) in [4.78, 5) is 0. The Hall–Kier alpha value is -0.820. The van der Waals surface area contributed by atoms with Gasteiger partial charge < -0.3 is 5.11 Å². The Kier molecular flexibility index (Phi) is 5.06. The summed E-state index contributed by atoms with van der Waals surface area (Å²) in [7, 11) is 0. The van der Waals surface area contributed by atoms with Crippen LogP contribution in [0.25, 0.3) is 0 Å². The van der Waals surface area contributed by atoms with E-state index in [-0.39, 0.29) is 0 Å². The Labute approximate surface area is 105 Å². The van der Waals surface area contributed by atoms with Gasteiger partial charge in [-0.05, 0) is 42.7 Å². The Bertz CT molecular complexity index is 324.